The molecule has 0 atom stereocenters. The first-order valence-corrected chi connectivity index (χ1v) is 8.13. The molecule has 0 spiro atoms. The van der Waals surface area contributed by atoms with Gasteiger partial charge in [0.15, 0.2) is 0 Å². The molecule has 23 heavy (non-hydrogen) atoms. The topological polar surface area (TPSA) is 49.4 Å². The number of imide groups is 1. The van der Waals surface area contributed by atoms with E-state index in [2.05, 4.69) is 5.32 Å². The standard InChI is InChI=1S/C17H13ClN2O2S/c18-14-9-5-4-6-12(14)10-15-16(21)20(17(22)23-15)11-19-13-7-2-1-3-8-13/h1-10,19H,11H2/b15-10+. The average molecular weight is 345 g/mol. The molecular formula is C17H13ClN2O2S. The van der Waals surface area contributed by atoms with E-state index in [0.717, 1.165) is 23.0 Å². The molecule has 0 aliphatic carbocycles. The van der Waals surface area contributed by atoms with Gasteiger partial charge in [-0.15, -0.1) is 0 Å². The van der Waals surface area contributed by atoms with Gasteiger partial charge in [0, 0.05) is 10.7 Å². The minimum absolute atomic E-state index is 0.133. The van der Waals surface area contributed by atoms with Crippen LogP contribution in [0.5, 0.6) is 0 Å². The lowest BCUT2D eigenvalue weighted by Gasteiger charge is -2.14. The number of anilines is 1. The first kappa shape index (κ1) is 15.6. The van der Waals surface area contributed by atoms with Crippen molar-refractivity contribution in [3.63, 3.8) is 0 Å². The number of carbonyl (C=O) groups excluding carboxylic acids is 2. The number of thioether (sulfide) groups is 1. The van der Waals surface area contributed by atoms with Gasteiger partial charge in [-0.3, -0.25) is 14.5 Å². The van der Waals surface area contributed by atoms with Gasteiger partial charge in [-0.2, -0.15) is 0 Å². The van der Waals surface area contributed by atoms with E-state index in [1.54, 1.807) is 18.2 Å². The van der Waals surface area contributed by atoms with E-state index in [1.165, 1.54) is 4.90 Å². The van der Waals surface area contributed by atoms with Crippen molar-refractivity contribution in [1.82, 2.24) is 4.90 Å². The van der Waals surface area contributed by atoms with Gasteiger partial charge in [-0.25, -0.2) is 0 Å². The van der Waals surface area contributed by atoms with Crippen molar-refractivity contribution in [2.45, 2.75) is 0 Å². The van der Waals surface area contributed by atoms with Crippen LogP contribution in [0.25, 0.3) is 6.08 Å². The second-order valence-corrected chi connectivity index (χ2v) is 6.23. The molecule has 0 unspecified atom stereocenters. The molecule has 0 bridgehead atoms. The summed E-state index contributed by atoms with van der Waals surface area (Å²) < 4.78 is 0. The van der Waals surface area contributed by atoms with Crippen LogP contribution in [0, 0.1) is 0 Å². The lowest BCUT2D eigenvalue weighted by molar-refractivity contribution is -0.122. The maximum Gasteiger partial charge on any atom is 0.295 e. The van der Waals surface area contributed by atoms with E-state index in [0.29, 0.717) is 9.93 Å². The zero-order valence-electron chi connectivity index (χ0n) is 12.0. The fraction of sp³-hybridized carbons (Fsp3) is 0.0588. The SMILES string of the molecule is O=C1S/C(=C/c2ccccc2Cl)C(=O)N1CNc1ccccc1. The van der Waals surface area contributed by atoms with E-state index in [-0.39, 0.29) is 17.8 Å². The summed E-state index contributed by atoms with van der Waals surface area (Å²) in [5, 5.41) is 3.31. The molecular weight excluding hydrogens is 332 g/mol. The number of hydrogen-bond donors (Lipinski definition) is 1. The van der Waals surface area contributed by atoms with Gasteiger partial charge >= 0.3 is 0 Å². The number of hydrogen-bond acceptors (Lipinski definition) is 4. The third-order valence-corrected chi connectivity index (χ3v) is 4.53. The van der Waals surface area contributed by atoms with Gasteiger partial charge in [-0.05, 0) is 41.6 Å². The molecule has 6 heteroatoms. The van der Waals surface area contributed by atoms with E-state index in [9.17, 15) is 9.59 Å². The van der Waals surface area contributed by atoms with Crippen LogP contribution >= 0.6 is 23.4 Å². The molecule has 2 amide bonds. The predicted molar refractivity (Wildman–Crippen MR) is 94.2 cm³/mol. The monoisotopic (exact) mass is 344 g/mol. The van der Waals surface area contributed by atoms with Gasteiger partial charge in [0.1, 0.15) is 0 Å². The number of amides is 2. The van der Waals surface area contributed by atoms with E-state index in [1.807, 2.05) is 42.5 Å². The van der Waals surface area contributed by atoms with Crippen LogP contribution in [-0.4, -0.2) is 22.7 Å². The Morgan fingerprint density at radius 3 is 2.48 bits per heavy atom. The van der Waals surface area contributed by atoms with Gasteiger partial charge < -0.3 is 5.32 Å². The fourth-order valence-corrected chi connectivity index (χ4v) is 3.12. The molecule has 2 aromatic carbocycles. The lowest BCUT2D eigenvalue weighted by atomic mass is 10.2. The lowest BCUT2D eigenvalue weighted by Crippen LogP contribution is -2.33. The Balaban J connectivity index is 1.74. The van der Waals surface area contributed by atoms with Crippen molar-refractivity contribution in [3.8, 4) is 0 Å². The Morgan fingerprint density at radius 1 is 1.04 bits per heavy atom. The second-order valence-electron chi connectivity index (χ2n) is 4.83. The predicted octanol–water partition coefficient (Wildman–Crippen LogP) is 4.45. The number of carbonyl (C=O) groups is 2. The highest BCUT2D eigenvalue weighted by molar-refractivity contribution is 8.18. The van der Waals surface area contributed by atoms with Gasteiger partial charge in [-0.1, -0.05) is 48.0 Å². The number of rotatable bonds is 4. The summed E-state index contributed by atoms with van der Waals surface area (Å²) in [7, 11) is 0. The van der Waals surface area contributed by atoms with E-state index < -0.39 is 0 Å². The quantitative estimate of drug-likeness (QED) is 0.833. The van der Waals surface area contributed by atoms with Crippen LogP contribution in [0.4, 0.5) is 10.5 Å². The fourth-order valence-electron chi connectivity index (χ4n) is 2.10. The van der Waals surface area contributed by atoms with Crippen molar-refractivity contribution >= 4 is 46.3 Å². The highest BCUT2D eigenvalue weighted by Crippen LogP contribution is 2.33. The molecule has 1 aliphatic heterocycles. The third-order valence-electron chi connectivity index (χ3n) is 3.28. The Kier molecular flexibility index (Phi) is 4.69. The number of nitrogens with one attached hydrogen (secondary N) is 1. The number of nitrogens with zero attached hydrogens (tertiary/aromatic N) is 1. The molecule has 0 aromatic heterocycles. The zero-order chi connectivity index (χ0) is 16.2. The summed E-state index contributed by atoms with van der Waals surface area (Å²) in [6, 6.07) is 16.6. The van der Waals surface area contributed by atoms with Crippen molar-refractivity contribution in [2.24, 2.45) is 0 Å². The molecule has 116 valence electrons. The molecule has 0 radical (unpaired) electrons. The van der Waals surface area contributed by atoms with Crippen LogP contribution in [0.15, 0.2) is 59.5 Å². The molecule has 1 N–H and O–H groups in total. The number of halogens is 1. The van der Waals surface area contributed by atoms with Gasteiger partial charge in [0.2, 0.25) is 0 Å². The summed E-state index contributed by atoms with van der Waals surface area (Å²) in [5.74, 6) is -0.316. The smallest absolute Gasteiger partial charge is 0.295 e. The molecule has 1 fully saturated rings. The van der Waals surface area contributed by atoms with Gasteiger partial charge in [0.05, 0.1) is 11.6 Å². The summed E-state index contributed by atoms with van der Waals surface area (Å²) in [6.45, 7) is 0.133. The maximum atomic E-state index is 12.4. The molecule has 2 aromatic rings. The van der Waals surface area contributed by atoms with Crippen LogP contribution in [-0.2, 0) is 4.79 Å². The van der Waals surface area contributed by atoms with Crippen molar-refractivity contribution in [1.29, 1.82) is 0 Å². The molecule has 1 heterocycles. The highest BCUT2D eigenvalue weighted by atomic mass is 35.5. The van der Waals surface area contributed by atoms with Crippen molar-refractivity contribution in [3.05, 3.63) is 70.1 Å². The number of para-hydroxylation sites is 1. The Morgan fingerprint density at radius 2 is 1.74 bits per heavy atom. The average Bonchev–Trinajstić information content (AvgIpc) is 2.82. The normalized spacial score (nSPS) is 16.2. The van der Waals surface area contributed by atoms with Crippen LogP contribution in [0.2, 0.25) is 5.02 Å². The largest absolute Gasteiger partial charge is 0.367 e. The number of benzene rings is 2. The minimum Gasteiger partial charge on any atom is -0.367 e. The molecule has 0 saturated carbocycles. The summed E-state index contributed by atoms with van der Waals surface area (Å²) in [5.41, 5.74) is 1.57. The first-order valence-electron chi connectivity index (χ1n) is 6.94. The summed E-state index contributed by atoms with van der Waals surface area (Å²) in [4.78, 5) is 26.0. The molecule has 1 aliphatic rings. The Hall–Kier alpha value is -2.24. The van der Waals surface area contributed by atoms with E-state index >= 15 is 0 Å². The summed E-state index contributed by atoms with van der Waals surface area (Å²) >= 11 is 7.01. The van der Waals surface area contributed by atoms with Gasteiger partial charge in [0.25, 0.3) is 11.1 Å². The van der Waals surface area contributed by atoms with Crippen LogP contribution in [0.3, 0.4) is 0 Å². The Bertz CT molecular complexity index is 777. The Labute approximate surface area is 143 Å². The maximum absolute atomic E-state index is 12.4. The molecule has 4 nitrogen and oxygen atoms in total. The minimum atomic E-state index is -0.316. The van der Waals surface area contributed by atoms with Crippen LogP contribution < -0.4 is 5.32 Å². The first-order chi connectivity index (χ1) is 11.1. The highest BCUT2D eigenvalue weighted by Gasteiger charge is 2.34. The van der Waals surface area contributed by atoms with Crippen molar-refractivity contribution < 1.29 is 9.59 Å². The van der Waals surface area contributed by atoms with Crippen molar-refractivity contribution in [2.75, 3.05) is 12.0 Å². The van der Waals surface area contributed by atoms with E-state index in [4.69, 9.17) is 11.6 Å². The molecule has 1 saturated heterocycles. The van der Waals surface area contributed by atoms with Crippen LogP contribution in [0.1, 0.15) is 5.56 Å². The molecule has 3 rings (SSSR count). The summed E-state index contributed by atoms with van der Waals surface area (Å²) in [6.07, 6.45) is 1.65. The third kappa shape index (κ3) is 3.57. The zero-order valence-corrected chi connectivity index (χ0v) is 13.6. The second kappa shape index (κ2) is 6.89.